The molecule has 234 valence electrons. The van der Waals surface area contributed by atoms with Crippen molar-refractivity contribution >= 4 is 27.5 Å². The summed E-state index contributed by atoms with van der Waals surface area (Å²) in [6.45, 7) is 1.57. The number of anilines is 1. The van der Waals surface area contributed by atoms with Crippen molar-refractivity contribution in [3.05, 3.63) is 132 Å². The lowest BCUT2D eigenvalue weighted by molar-refractivity contribution is -0.140. The van der Waals surface area contributed by atoms with Gasteiger partial charge in [-0.1, -0.05) is 110 Å². The van der Waals surface area contributed by atoms with Crippen LogP contribution < -0.4 is 9.62 Å². The van der Waals surface area contributed by atoms with Crippen molar-refractivity contribution < 1.29 is 18.0 Å². The molecule has 0 radical (unpaired) electrons. The number of amides is 2. The highest BCUT2D eigenvalue weighted by Gasteiger charge is 2.35. The summed E-state index contributed by atoms with van der Waals surface area (Å²) in [6.07, 6.45) is 5.39. The van der Waals surface area contributed by atoms with E-state index in [0.717, 1.165) is 53.1 Å². The minimum Gasteiger partial charge on any atom is -0.352 e. The lowest BCUT2D eigenvalue weighted by Crippen LogP contribution is -2.55. The molecule has 8 heteroatoms. The van der Waals surface area contributed by atoms with E-state index in [-0.39, 0.29) is 23.4 Å². The molecule has 0 unspecified atom stereocenters. The highest BCUT2D eigenvalue weighted by Crippen LogP contribution is 2.26. The van der Waals surface area contributed by atoms with Crippen LogP contribution in [0.1, 0.15) is 48.8 Å². The molecule has 4 aromatic rings. The van der Waals surface area contributed by atoms with E-state index in [1.54, 1.807) is 41.3 Å². The second kappa shape index (κ2) is 15.0. The molecule has 0 saturated heterocycles. The van der Waals surface area contributed by atoms with Gasteiger partial charge in [0.15, 0.2) is 0 Å². The predicted octanol–water partition coefficient (Wildman–Crippen LogP) is 6.28. The van der Waals surface area contributed by atoms with E-state index in [1.165, 1.54) is 12.1 Å². The van der Waals surface area contributed by atoms with Crippen LogP contribution in [0.2, 0.25) is 0 Å². The minimum atomic E-state index is -4.11. The van der Waals surface area contributed by atoms with Crippen LogP contribution in [0.15, 0.2) is 120 Å². The molecule has 0 spiro atoms. The molecule has 0 aliphatic heterocycles. The lowest BCUT2D eigenvalue weighted by atomic mass is 9.94. The first kappa shape index (κ1) is 32.0. The Morgan fingerprint density at radius 3 is 2.00 bits per heavy atom. The quantitative estimate of drug-likeness (QED) is 0.201. The molecule has 7 nitrogen and oxygen atoms in total. The molecule has 45 heavy (non-hydrogen) atoms. The van der Waals surface area contributed by atoms with Crippen molar-refractivity contribution in [3.63, 3.8) is 0 Å². The summed E-state index contributed by atoms with van der Waals surface area (Å²) >= 11 is 0. The molecule has 1 saturated carbocycles. The van der Waals surface area contributed by atoms with Gasteiger partial charge in [0, 0.05) is 19.0 Å². The molecule has 5 rings (SSSR count). The van der Waals surface area contributed by atoms with Crippen molar-refractivity contribution in [3.8, 4) is 0 Å². The van der Waals surface area contributed by atoms with Crippen LogP contribution >= 0.6 is 0 Å². The van der Waals surface area contributed by atoms with E-state index in [0.29, 0.717) is 12.1 Å². The minimum absolute atomic E-state index is 0.0560. The molecule has 2 amide bonds. The van der Waals surface area contributed by atoms with Crippen LogP contribution in [0.25, 0.3) is 0 Å². The van der Waals surface area contributed by atoms with E-state index in [9.17, 15) is 18.0 Å². The fourth-order valence-electron chi connectivity index (χ4n) is 5.91. The van der Waals surface area contributed by atoms with Crippen molar-refractivity contribution in [1.82, 2.24) is 10.2 Å². The maximum Gasteiger partial charge on any atom is 0.264 e. The van der Waals surface area contributed by atoms with Crippen LogP contribution in [0.4, 0.5) is 5.69 Å². The van der Waals surface area contributed by atoms with E-state index >= 15 is 0 Å². The van der Waals surface area contributed by atoms with Gasteiger partial charge in [-0.15, -0.1) is 0 Å². The predicted molar refractivity (Wildman–Crippen MR) is 178 cm³/mol. The molecule has 1 N–H and O–H groups in total. The number of carbonyl (C=O) groups is 2. The number of nitrogens with zero attached hydrogens (tertiary/aromatic N) is 2. The SMILES string of the molecule is Cc1cccc(N(CC(=O)N(Cc2ccccc2)[C@@H](Cc2ccccc2)C(=O)NC2CCCCC2)S(=O)(=O)c2ccccc2)c1. The number of hydrogen-bond acceptors (Lipinski definition) is 4. The average Bonchev–Trinajstić information content (AvgIpc) is 3.07. The zero-order chi connectivity index (χ0) is 31.6. The zero-order valence-electron chi connectivity index (χ0n) is 25.7. The third-order valence-corrected chi connectivity index (χ3v) is 10.1. The third kappa shape index (κ3) is 8.39. The molecule has 1 atom stereocenters. The van der Waals surface area contributed by atoms with Crippen LogP contribution in [0.5, 0.6) is 0 Å². The molecule has 1 aliphatic rings. The van der Waals surface area contributed by atoms with Gasteiger partial charge >= 0.3 is 0 Å². The molecule has 4 aromatic carbocycles. The van der Waals surface area contributed by atoms with Gasteiger partial charge in [-0.25, -0.2) is 8.42 Å². The average molecular weight is 624 g/mol. The van der Waals surface area contributed by atoms with Gasteiger partial charge in [-0.05, 0) is 60.7 Å². The normalized spacial score (nSPS) is 14.3. The van der Waals surface area contributed by atoms with Gasteiger partial charge in [0.2, 0.25) is 11.8 Å². The first-order valence-electron chi connectivity index (χ1n) is 15.6. The molecule has 0 aromatic heterocycles. The molecular weight excluding hydrogens is 582 g/mol. The summed E-state index contributed by atoms with van der Waals surface area (Å²) in [7, 11) is -4.11. The van der Waals surface area contributed by atoms with Gasteiger partial charge in [-0.3, -0.25) is 13.9 Å². The van der Waals surface area contributed by atoms with E-state index in [2.05, 4.69) is 5.32 Å². The van der Waals surface area contributed by atoms with Crippen LogP contribution in [0.3, 0.4) is 0 Å². The first-order chi connectivity index (χ1) is 21.8. The Labute approximate surface area is 266 Å². The topological polar surface area (TPSA) is 86.8 Å². The summed E-state index contributed by atoms with van der Waals surface area (Å²) in [4.78, 5) is 30.3. The molecule has 1 aliphatic carbocycles. The maximum absolute atomic E-state index is 14.6. The summed E-state index contributed by atoms with van der Waals surface area (Å²) in [6, 6.07) is 33.6. The number of aryl methyl sites for hydroxylation is 1. The third-order valence-electron chi connectivity index (χ3n) is 8.32. The Kier molecular flexibility index (Phi) is 10.7. The molecule has 0 heterocycles. The van der Waals surface area contributed by atoms with Gasteiger partial charge in [0.05, 0.1) is 10.6 Å². The number of sulfonamides is 1. The Balaban J connectivity index is 1.54. The van der Waals surface area contributed by atoms with Crippen molar-refractivity contribution in [2.75, 3.05) is 10.8 Å². The Hall–Kier alpha value is -4.43. The number of rotatable bonds is 12. The second-order valence-corrected chi connectivity index (χ2v) is 13.6. The standard InChI is InChI=1S/C37H41N3O4S/c1-29-15-14-22-33(25-29)40(45(43,44)34-23-12-5-13-24-34)28-36(41)39(27-31-18-8-3-9-19-31)35(26-30-16-6-2-7-17-30)37(42)38-32-20-10-4-11-21-32/h2-3,5-9,12-19,22-25,32,35H,4,10-11,20-21,26-28H2,1H3,(H,38,42)/t35-/m0/s1. The summed E-state index contributed by atoms with van der Waals surface area (Å²) < 4.78 is 29.3. The monoisotopic (exact) mass is 623 g/mol. The Morgan fingerprint density at radius 2 is 1.38 bits per heavy atom. The summed E-state index contributed by atoms with van der Waals surface area (Å²) in [5.74, 6) is -0.678. The number of hydrogen-bond donors (Lipinski definition) is 1. The van der Waals surface area contributed by atoms with E-state index < -0.39 is 28.5 Å². The largest absolute Gasteiger partial charge is 0.352 e. The van der Waals surface area contributed by atoms with Gasteiger partial charge < -0.3 is 10.2 Å². The number of nitrogens with one attached hydrogen (secondary N) is 1. The Bertz CT molecular complexity index is 1660. The Morgan fingerprint density at radius 1 is 0.778 bits per heavy atom. The van der Waals surface area contributed by atoms with Gasteiger partial charge in [0.25, 0.3) is 10.0 Å². The fourth-order valence-corrected chi connectivity index (χ4v) is 7.34. The number of carbonyl (C=O) groups excluding carboxylic acids is 2. The molecule has 0 bridgehead atoms. The zero-order valence-corrected chi connectivity index (χ0v) is 26.5. The van der Waals surface area contributed by atoms with Crippen LogP contribution in [-0.2, 0) is 32.6 Å². The van der Waals surface area contributed by atoms with Crippen LogP contribution in [0, 0.1) is 6.92 Å². The second-order valence-electron chi connectivity index (χ2n) is 11.7. The molecule has 1 fully saturated rings. The van der Waals surface area contributed by atoms with Crippen LogP contribution in [-0.4, -0.2) is 43.8 Å². The van der Waals surface area contributed by atoms with E-state index in [4.69, 9.17) is 0 Å². The molecular formula is C37H41N3O4S. The summed E-state index contributed by atoms with van der Waals surface area (Å²) in [5, 5.41) is 3.24. The smallest absolute Gasteiger partial charge is 0.264 e. The summed E-state index contributed by atoms with van der Waals surface area (Å²) in [5.41, 5.74) is 3.02. The first-order valence-corrected chi connectivity index (χ1v) is 17.1. The van der Waals surface area contributed by atoms with Gasteiger partial charge in [0.1, 0.15) is 12.6 Å². The number of benzene rings is 4. The van der Waals surface area contributed by atoms with Gasteiger partial charge in [-0.2, -0.15) is 0 Å². The fraction of sp³-hybridized carbons (Fsp3) is 0.297. The van der Waals surface area contributed by atoms with E-state index in [1.807, 2.05) is 73.7 Å². The van der Waals surface area contributed by atoms with Crippen molar-refractivity contribution in [2.45, 2.75) is 69.0 Å². The lowest BCUT2D eigenvalue weighted by Gasteiger charge is -2.35. The highest BCUT2D eigenvalue weighted by molar-refractivity contribution is 7.92. The van der Waals surface area contributed by atoms with Crippen molar-refractivity contribution in [1.29, 1.82) is 0 Å². The maximum atomic E-state index is 14.6. The van der Waals surface area contributed by atoms with Crippen molar-refractivity contribution in [2.24, 2.45) is 0 Å². The highest BCUT2D eigenvalue weighted by atomic mass is 32.2.